The lowest BCUT2D eigenvalue weighted by molar-refractivity contribution is -0.0328. The molecule has 0 radical (unpaired) electrons. The molecule has 0 heterocycles. The second-order valence-electron chi connectivity index (χ2n) is 4.37. The fourth-order valence-electron chi connectivity index (χ4n) is 1.72. The minimum atomic E-state index is -0.653. The van der Waals surface area contributed by atoms with Gasteiger partial charge in [-0.3, -0.25) is 0 Å². The zero-order valence-electron chi connectivity index (χ0n) is 10.8. The van der Waals surface area contributed by atoms with Crippen molar-refractivity contribution in [3.63, 3.8) is 0 Å². The van der Waals surface area contributed by atoms with Crippen LogP contribution in [0.15, 0.2) is 41.4 Å². The van der Waals surface area contributed by atoms with Crippen molar-refractivity contribution >= 4 is 15.9 Å². The van der Waals surface area contributed by atoms with Crippen molar-refractivity contribution in [1.82, 2.24) is 0 Å². The van der Waals surface area contributed by atoms with E-state index in [1.165, 1.54) is 0 Å². The minimum absolute atomic E-state index is 0.197. The Morgan fingerprint density at radius 2 is 2.06 bits per heavy atom. The SMILES string of the molecule is C=C(Br)[C@@H](O)[C@H](CCCC)OCc1ccccc1. The van der Waals surface area contributed by atoms with Gasteiger partial charge >= 0.3 is 0 Å². The van der Waals surface area contributed by atoms with E-state index in [2.05, 4.69) is 29.4 Å². The molecule has 0 amide bonds. The summed E-state index contributed by atoms with van der Waals surface area (Å²) in [5.41, 5.74) is 1.12. The molecule has 0 spiro atoms. The lowest BCUT2D eigenvalue weighted by Crippen LogP contribution is -2.29. The highest BCUT2D eigenvalue weighted by molar-refractivity contribution is 9.11. The maximum absolute atomic E-state index is 10.0. The highest BCUT2D eigenvalue weighted by Crippen LogP contribution is 2.19. The van der Waals surface area contributed by atoms with Crippen LogP contribution in [-0.4, -0.2) is 17.3 Å². The number of ether oxygens (including phenoxy) is 1. The molecule has 0 saturated heterocycles. The highest BCUT2D eigenvalue weighted by Gasteiger charge is 2.20. The quantitative estimate of drug-likeness (QED) is 0.785. The molecule has 2 nitrogen and oxygen atoms in total. The minimum Gasteiger partial charge on any atom is -0.385 e. The molecular formula is C15H21BrO2. The van der Waals surface area contributed by atoms with Crippen LogP contribution in [0.5, 0.6) is 0 Å². The van der Waals surface area contributed by atoms with Gasteiger partial charge in [0.15, 0.2) is 0 Å². The van der Waals surface area contributed by atoms with Crippen LogP contribution in [0.1, 0.15) is 31.7 Å². The van der Waals surface area contributed by atoms with Gasteiger partial charge in [-0.25, -0.2) is 0 Å². The summed E-state index contributed by atoms with van der Waals surface area (Å²) >= 11 is 3.23. The summed E-state index contributed by atoms with van der Waals surface area (Å²) in [6.45, 7) is 6.37. The van der Waals surface area contributed by atoms with Crippen LogP contribution >= 0.6 is 15.9 Å². The Bertz CT molecular complexity index is 351. The number of aliphatic hydroxyl groups excluding tert-OH is 1. The number of aliphatic hydroxyl groups is 1. The Labute approximate surface area is 118 Å². The number of halogens is 1. The number of rotatable bonds is 8. The number of unbranched alkanes of at least 4 members (excludes halogenated alkanes) is 1. The van der Waals surface area contributed by atoms with Crippen LogP contribution in [0.3, 0.4) is 0 Å². The molecule has 1 aromatic rings. The Hall–Kier alpha value is -0.640. The van der Waals surface area contributed by atoms with E-state index >= 15 is 0 Å². The number of hydrogen-bond acceptors (Lipinski definition) is 2. The molecule has 18 heavy (non-hydrogen) atoms. The molecule has 0 saturated carbocycles. The van der Waals surface area contributed by atoms with Crippen molar-refractivity contribution in [2.45, 2.75) is 45.0 Å². The molecule has 0 aliphatic rings. The van der Waals surface area contributed by atoms with Gasteiger partial charge in [0.25, 0.3) is 0 Å². The Morgan fingerprint density at radius 3 is 2.61 bits per heavy atom. The van der Waals surface area contributed by atoms with Crippen LogP contribution in [0.2, 0.25) is 0 Å². The van der Waals surface area contributed by atoms with Crippen molar-refractivity contribution in [3.8, 4) is 0 Å². The maximum atomic E-state index is 10.0. The number of hydrogen-bond donors (Lipinski definition) is 1. The lowest BCUT2D eigenvalue weighted by Gasteiger charge is -2.23. The molecule has 0 bridgehead atoms. The average molecular weight is 313 g/mol. The van der Waals surface area contributed by atoms with E-state index in [-0.39, 0.29) is 6.10 Å². The van der Waals surface area contributed by atoms with E-state index < -0.39 is 6.10 Å². The fourth-order valence-corrected chi connectivity index (χ4v) is 2.01. The van der Waals surface area contributed by atoms with E-state index in [0.717, 1.165) is 24.8 Å². The lowest BCUT2D eigenvalue weighted by atomic mass is 10.1. The van der Waals surface area contributed by atoms with Gasteiger partial charge in [-0.15, -0.1) is 0 Å². The zero-order valence-corrected chi connectivity index (χ0v) is 12.4. The summed E-state index contributed by atoms with van der Waals surface area (Å²) in [6.07, 6.45) is 2.12. The third-order valence-corrected chi connectivity index (χ3v) is 3.29. The van der Waals surface area contributed by atoms with Gasteiger partial charge in [0.2, 0.25) is 0 Å². The predicted octanol–water partition coefficient (Wildman–Crippen LogP) is 4.03. The van der Waals surface area contributed by atoms with Crippen molar-refractivity contribution < 1.29 is 9.84 Å². The van der Waals surface area contributed by atoms with E-state index in [9.17, 15) is 5.11 Å². The van der Waals surface area contributed by atoms with E-state index in [4.69, 9.17) is 4.74 Å². The van der Waals surface area contributed by atoms with Gasteiger partial charge in [-0.2, -0.15) is 0 Å². The first kappa shape index (κ1) is 15.4. The van der Waals surface area contributed by atoms with Crippen molar-refractivity contribution in [2.75, 3.05) is 0 Å². The van der Waals surface area contributed by atoms with Crippen LogP contribution in [0.25, 0.3) is 0 Å². The Kier molecular flexibility index (Phi) is 7.25. The summed E-state index contributed by atoms with van der Waals surface area (Å²) in [7, 11) is 0. The molecule has 2 atom stereocenters. The van der Waals surface area contributed by atoms with Gasteiger partial charge in [0, 0.05) is 4.48 Å². The monoisotopic (exact) mass is 312 g/mol. The molecule has 0 aliphatic heterocycles. The first-order valence-electron chi connectivity index (χ1n) is 6.33. The summed E-state index contributed by atoms with van der Waals surface area (Å²) in [6, 6.07) is 9.99. The van der Waals surface area contributed by atoms with Crippen LogP contribution in [0.4, 0.5) is 0 Å². The second-order valence-corrected chi connectivity index (χ2v) is 5.39. The molecule has 1 N–H and O–H groups in total. The molecule has 3 heteroatoms. The second kappa shape index (κ2) is 8.46. The molecule has 1 aromatic carbocycles. The van der Waals surface area contributed by atoms with Gasteiger partial charge in [-0.05, 0) is 12.0 Å². The summed E-state index contributed by atoms with van der Waals surface area (Å²) in [4.78, 5) is 0. The molecule has 0 fully saturated rings. The Morgan fingerprint density at radius 1 is 1.39 bits per heavy atom. The first-order valence-corrected chi connectivity index (χ1v) is 7.12. The number of benzene rings is 1. The van der Waals surface area contributed by atoms with Crippen molar-refractivity contribution in [3.05, 3.63) is 47.0 Å². The molecule has 0 unspecified atom stereocenters. The molecular weight excluding hydrogens is 292 g/mol. The molecule has 0 aromatic heterocycles. The maximum Gasteiger partial charge on any atom is 0.111 e. The third-order valence-electron chi connectivity index (χ3n) is 2.82. The average Bonchev–Trinajstić information content (AvgIpc) is 2.39. The van der Waals surface area contributed by atoms with Gasteiger partial charge in [0.1, 0.15) is 6.10 Å². The van der Waals surface area contributed by atoms with Crippen molar-refractivity contribution in [2.24, 2.45) is 0 Å². The molecule has 0 aliphatic carbocycles. The third kappa shape index (κ3) is 5.34. The Balaban J connectivity index is 2.53. The van der Waals surface area contributed by atoms with Crippen LogP contribution in [0, 0.1) is 0 Å². The van der Waals surface area contributed by atoms with Crippen molar-refractivity contribution in [1.29, 1.82) is 0 Å². The zero-order chi connectivity index (χ0) is 13.4. The normalized spacial score (nSPS) is 14.2. The predicted molar refractivity (Wildman–Crippen MR) is 78.6 cm³/mol. The first-order chi connectivity index (χ1) is 8.65. The van der Waals surface area contributed by atoms with Crippen LogP contribution < -0.4 is 0 Å². The standard InChI is InChI=1S/C15H21BrO2/c1-3-4-10-14(15(17)12(2)16)18-11-13-8-6-5-7-9-13/h5-9,14-15,17H,2-4,10-11H2,1H3/t14-,15+/m0/s1. The summed E-state index contributed by atoms with van der Waals surface area (Å²) in [5.74, 6) is 0. The van der Waals surface area contributed by atoms with Crippen LogP contribution in [-0.2, 0) is 11.3 Å². The highest BCUT2D eigenvalue weighted by atomic mass is 79.9. The summed E-state index contributed by atoms with van der Waals surface area (Å²) < 4.78 is 6.39. The smallest absolute Gasteiger partial charge is 0.111 e. The van der Waals surface area contributed by atoms with Gasteiger partial charge in [-0.1, -0.05) is 72.6 Å². The molecule has 100 valence electrons. The van der Waals surface area contributed by atoms with Gasteiger partial charge < -0.3 is 9.84 Å². The largest absolute Gasteiger partial charge is 0.385 e. The van der Waals surface area contributed by atoms with Gasteiger partial charge in [0.05, 0.1) is 12.7 Å². The summed E-state index contributed by atoms with van der Waals surface area (Å²) in [5, 5.41) is 10.0. The van der Waals surface area contributed by atoms with E-state index in [0.29, 0.717) is 11.1 Å². The van der Waals surface area contributed by atoms with E-state index in [1.54, 1.807) is 0 Å². The topological polar surface area (TPSA) is 29.5 Å². The fraction of sp³-hybridized carbons (Fsp3) is 0.467. The molecule has 1 rings (SSSR count). The van der Waals surface area contributed by atoms with E-state index in [1.807, 2.05) is 30.3 Å².